The molecule has 1 aliphatic carbocycles. The monoisotopic (exact) mass is 479 g/mol. The zero-order chi connectivity index (χ0) is 17.8. The van der Waals surface area contributed by atoms with E-state index >= 15 is 0 Å². The quantitative estimate of drug-likeness (QED) is 0.401. The summed E-state index contributed by atoms with van der Waals surface area (Å²) in [7, 11) is 0. The van der Waals surface area contributed by atoms with Crippen LogP contribution in [0.3, 0.4) is 0 Å². The molecule has 0 spiro atoms. The maximum absolute atomic E-state index is 6.04. The van der Waals surface area contributed by atoms with Crippen LogP contribution in [0.2, 0.25) is 0 Å². The van der Waals surface area contributed by atoms with Crippen molar-refractivity contribution >= 4 is 41.4 Å². The van der Waals surface area contributed by atoms with Crippen molar-refractivity contribution < 1.29 is 4.74 Å². The van der Waals surface area contributed by atoms with Gasteiger partial charge in [-0.25, -0.2) is 9.98 Å². The number of aliphatic imine (C=N–C) groups is 1. The van der Waals surface area contributed by atoms with Crippen LogP contribution < -0.4 is 16.0 Å². The summed E-state index contributed by atoms with van der Waals surface area (Å²) in [5.41, 5.74) is 11.0. The van der Waals surface area contributed by atoms with Crippen molar-refractivity contribution in [2.75, 3.05) is 36.5 Å². The Morgan fingerprint density at radius 2 is 1.96 bits per heavy atom. The van der Waals surface area contributed by atoms with Gasteiger partial charge in [0.15, 0.2) is 5.96 Å². The molecule has 6 nitrogen and oxygen atoms in total. The molecule has 2 heterocycles. The Balaban J connectivity index is 0.00000210. The van der Waals surface area contributed by atoms with Gasteiger partial charge >= 0.3 is 0 Å². The van der Waals surface area contributed by atoms with Gasteiger partial charge in [0, 0.05) is 25.0 Å². The molecule has 2 aromatic rings. The van der Waals surface area contributed by atoms with E-state index in [1.54, 1.807) is 0 Å². The van der Waals surface area contributed by atoms with Gasteiger partial charge in [0.1, 0.15) is 5.82 Å². The molecule has 1 fully saturated rings. The fraction of sp³-hybridized carbons (Fsp3) is 0.400. The maximum Gasteiger partial charge on any atom is 0.193 e. The van der Waals surface area contributed by atoms with E-state index in [9.17, 15) is 0 Å². The van der Waals surface area contributed by atoms with E-state index in [2.05, 4.69) is 44.5 Å². The van der Waals surface area contributed by atoms with Crippen LogP contribution in [-0.2, 0) is 24.1 Å². The Bertz CT molecular complexity index is 787. The molecule has 0 amide bonds. The molecule has 0 saturated carbocycles. The number of guanidine groups is 1. The van der Waals surface area contributed by atoms with Gasteiger partial charge < -0.3 is 20.7 Å². The third-order valence-corrected chi connectivity index (χ3v) is 4.95. The summed E-state index contributed by atoms with van der Waals surface area (Å²) < 4.78 is 5.38. The number of rotatable bonds is 4. The first kappa shape index (κ1) is 19.9. The molecule has 1 aliphatic heterocycles. The predicted molar refractivity (Wildman–Crippen MR) is 120 cm³/mol. The number of halogens is 1. The van der Waals surface area contributed by atoms with E-state index in [4.69, 9.17) is 10.5 Å². The third-order valence-electron chi connectivity index (χ3n) is 4.95. The van der Waals surface area contributed by atoms with Crippen molar-refractivity contribution in [2.24, 2.45) is 10.7 Å². The van der Waals surface area contributed by atoms with Gasteiger partial charge in [0.05, 0.1) is 19.8 Å². The standard InChI is InChI=1S/C20H25N5O.HI/c21-20(24-18-6-5-16-2-1-3-17(16)12-18)23-14-15-4-7-19(22-13-15)25-8-10-26-11-9-25;/h4-7,12-13H,1-3,8-11,14H2,(H3,21,23,24);1H. The number of ether oxygens (including phenoxy) is 1. The van der Waals surface area contributed by atoms with E-state index in [-0.39, 0.29) is 24.0 Å². The van der Waals surface area contributed by atoms with Crippen molar-refractivity contribution in [3.8, 4) is 0 Å². The number of pyridine rings is 1. The molecule has 1 aromatic heterocycles. The van der Waals surface area contributed by atoms with Crippen LogP contribution in [0, 0.1) is 0 Å². The van der Waals surface area contributed by atoms with Gasteiger partial charge in [0.25, 0.3) is 0 Å². The minimum Gasteiger partial charge on any atom is -0.378 e. The number of benzene rings is 1. The molecule has 0 radical (unpaired) electrons. The highest BCUT2D eigenvalue weighted by molar-refractivity contribution is 14.0. The Morgan fingerprint density at radius 3 is 2.74 bits per heavy atom. The summed E-state index contributed by atoms with van der Waals surface area (Å²) in [6.07, 6.45) is 5.46. The number of aryl methyl sites for hydroxylation is 2. The van der Waals surface area contributed by atoms with Crippen LogP contribution in [0.4, 0.5) is 11.5 Å². The molecule has 3 N–H and O–H groups in total. The minimum atomic E-state index is 0. The van der Waals surface area contributed by atoms with Crippen LogP contribution in [0.15, 0.2) is 41.5 Å². The highest BCUT2D eigenvalue weighted by Gasteiger charge is 2.12. The number of anilines is 2. The van der Waals surface area contributed by atoms with Gasteiger partial charge in [-0.2, -0.15) is 0 Å². The van der Waals surface area contributed by atoms with Crippen molar-refractivity contribution in [1.82, 2.24) is 4.98 Å². The van der Waals surface area contributed by atoms with Crippen molar-refractivity contribution in [3.05, 3.63) is 53.2 Å². The highest BCUT2D eigenvalue weighted by Crippen LogP contribution is 2.24. The molecule has 0 atom stereocenters. The second-order valence-electron chi connectivity index (χ2n) is 6.79. The van der Waals surface area contributed by atoms with Crippen LogP contribution in [0.25, 0.3) is 0 Å². The van der Waals surface area contributed by atoms with E-state index in [1.807, 2.05) is 12.3 Å². The SMILES string of the molecule is I.NC(=NCc1ccc(N2CCOCC2)nc1)Nc1ccc2c(c1)CCC2. The van der Waals surface area contributed by atoms with Crippen molar-refractivity contribution in [1.29, 1.82) is 0 Å². The predicted octanol–water partition coefficient (Wildman–Crippen LogP) is 2.95. The molecule has 2 aliphatic rings. The molecule has 1 aromatic carbocycles. The van der Waals surface area contributed by atoms with Crippen molar-refractivity contribution in [3.63, 3.8) is 0 Å². The summed E-state index contributed by atoms with van der Waals surface area (Å²) in [5.74, 6) is 1.42. The molecular formula is C20H26IN5O. The fourth-order valence-electron chi connectivity index (χ4n) is 3.50. The number of aromatic nitrogens is 1. The maximum atomic E-state index is 6.04. The molecule has 144 valence electrons. The summed E-state index contributed by atoms with van der Waals surface area (Å²) in [6.45, 7) is 3.82. The Labute approximate surface area is 177 Å². The highest BCUT2D eigenvalue weighted by atomic mass is 127. The van der Waals surface area contributed by atoms with Crippen molar-refractivity contribution in [2.45, 2.75) is 25.8 Å². The average molecular weight is 479 g/mol. The third kappa shape index (κ3) is 5.10. The summed E-state index contributed by atoms with van der Waals surface area (Å²) in [4.78, 5) is 11.2. The Morgan fingerprint density at radius 1 is 1.15 bits per heavy atom. The second-order valence-corrected chi connectivity index (χ2v) is 6.79. The molecule has 4 rings (SSSR count). The Hall–Kier alpha value is -1.87. The topological polar surface area (TPSA) is 75.8 Å². The molecule has 27 heavy (non-hydrogen) atoms. The molecule has 0 unspecified atom stereocenters. The van der Waals surface area contributed by atoms with Gasteiger partial charge in [-0.15, -0.1) is 24.0 Å². The number of nitrogens with two attached hydrogens (primary N) is 1. The first-order chi connectivity index (χ1) is 12.8. The average Bonchev–Trinajstić information content (AvgIpc) is 3.15. The van der Waals surface area contributed by atoms with Crippen LogP contribution in [0.1, 0.15) is 23.1 Å². The van der Waals surface area contributed by atoms with Gasteiger partial charge in [-0.3, -0.25) is 0 Å². The van der Waals surface area contributed by atoms with E-state index in [0.29, 0.717) is 12.5 Å². The van der Waals surface area contributed by atoms with E-state index < -0.39 is 0 Å². The molecule has 0 bridgehead atoms. The van der Waals surface area contributed by atoms with Crippen LogP contribution in [-0.4, -0.2) is 37.2 Å². The summed E-state index contributed by atoms with van der Waals surface area (Å²) >= 11 is 0. The van der Waals surface area contributed by atoms with E-state index in [0.717, 1.165) is 49.8 Å². The van der Waals surface area contributed by atoms with Crippen LogP contribution >= 0.6 is 24.0 Å². The Kier molecular flexibility index (Phi) is 6.89. The largest absolute Gasteiger partial charge is 0.378 e. The first-order valence-electron chi connectivity index (χ1n) is 9.24. The lowest BCUT2D eigenvalue weighted by Crippen LogP contribution is -2.36. The molecule has 1 saturated heterocycles. The normalized spacial score (nSPS) is 16.6. The number of hydrogen-bond acceptors (Lipinski definition) is 4. The lowest BCUT2D eigenvalue weighted by atomic mass is 10.1. The van der Waals surface area contributed by atoms with Gasteiger partial charge in [-0.1, -0.05) is 12.1 Å². The zero-order valence-corrected chi connectivity index (χ0v) is 17.7. The number of nitrogens with one attached hydrogen (secondary N) is 1. The van der Waals surface area contributed by atoms with Gasteiger partial charge in [-0.05, 0) is 54.2 Å². The lowest BCUT2D eigenvalue weighted by molar-refractivity contribution is 0.122. The molecular weight excluding hydrogens is 453 g/mol. The number of nitrogens with zero attached hydrogens (tertiary/aromatic N) is 3. The number of morpholine rings is 1. The van der Waals surface area contributed by atoms with Gasteiger partial charge in [0.2, 0.25) is 0 Å². The first-order valence-corrected chi connectivity index (χ1v) is 9.24. The van der Waals surface area contributed by atoms with Crippen LogP contribution in [0.5, 0.6) is 0 Å². The lowest BCUT2D eigenvalue weighted by Gasteiger charge is -2.27. The smallest absolute Gasteiger partial charge is 0.193 e. The van der Waals surface area contributed by atoms with E-state index in [1.165, 1.54) is 24.0 Å². The summed E-state index contributed by atoms with van der Waals surface area (Å²) in [5, 5.41) is 3.19. The second kappa shape index (κ2) is 9.36. The zero-order valence-electron chi connectivity index (χ0n) is 15.4. The summed E-state index contributed by atoms with van der Waals surface area (Å²) in [6, 6.07) is 10.5. The molecule has 7 heteroatoms. The number of fused-ring (bicyclic) bond motifs is 1. The fourth-order valence-corrected chi connectivity index (χ4v) is 3.50. The number of hydrogen-bond donors (Lipinski definition) is 2. The minimum absolute atomic E-state index is 0.